The van der Waals surface area contributed by atoms with Gasteiger partial charge >= 0.3 is 0 Å². The van der Waals surface area contributed by atoms with E-state index >= 15 is 0 Å². The minimum absolute atomic E-state index is 0.137. The van der Waals surface area contributed by atoms with Gasteiger partial charge in [-0.2, -0.15) is 0 Å². The Morgan fingerprint density at radius 3 is 1.00 bits per heavy atom. The Bertz CT molecular complexity index is 2170. The molecule has 0 spiro atoms. The van der Waals surface area contributed by atoms with Crippen molar-refractivity contribution in [2.45, 2.75) is 217 Å². The van der Waals surface area contributed by atoms with Gasteiger partial charge < -0.3 is 180 Å². The quantitative estimate of drug-likeness (QED) is 0.0262. The molecule has 0 aromatic heterocycles. The second-order valence-corrected chi connectivity index (χ2v) is 23.4. The highest BCUT2D eigenvalue weighted by atomic mass is 16.8. The summed E-state index contributed by atoms with van der Waals surface area (Å²) in [6.45, 7) is -6.19. The van der Waals surface area contributed by atoms with Gasteiger partial charge in [-0.25, -0.2) is 0 Å². The van der Waals surface area contributed by atoms with Crippen LogP contribution in [0.25, 0.3) is 0 Å². The van der Waals surface area contributed by atoms with E-state index in [0.717, 1.165) is 4.90 Å². The number of rotatable bonds is 35. The lowest BCUT2D eigenvalue weighted by Gasteiger charge is -2.46. The summed E-state index contributed by atoms with van der Waals surface area (Å²) in [5, 5.41) is 220. The summed E-state index contributed by atoms with van der Waals surface area (Å²) >= 11 is 0. The van der Waals surface area contributed by atoms with Crippen LogP contribution in [0, 0.1) is 0 Å². The van der Waals surface area contributed by atoms with Crippen molar-refractivity contribution >= 4 is 23.6 Å². The minimum Gasteiger partial charge on any atom is -0.394 e. The van der Waals surface area contributed by atoms with Crippen molar-refractivity contribution in [1.82, 2.24) is 26.2 Å². The van der Waals surface area contributed by atoms with Gasteiger partial charge in [0.05, 0.1) is 72.5 Å². The van der Waals surface area contributed by atoms with E-state index in [0.29, 0.717) is 25.8 Å². The van der Waals surface area contributed by atoms with Crippen molar-refractivity contribution in [3.63, 3.8) is 0 Å². The van der Waals surface area contributed by atoms with Gasteiger partial charge in [-0.1, -0.05) is 6.42 Å². The van der Waals surface area contributed by atoms with Crippen LogP contribution in [0.5, 0.6) is 0 Å². The molecule has 24 N–H and O–H groups in total. The second kappa shape index (κ2) is 39.0. The standard InChI is InChI=1S/C54H95N5O36/c1-2-55-27(64)6-4-3-5-7-56-28(65)12-59(13-29(66)57-8-10-84-51-45(82)47(94-53-43(80)39(76)33(70)23(17-62)90-53)35(72)25(92-51)19-86-49-41(78)37(74)31(68)21(15-60)88-49)14-30(67)58-9-11-85-52-46(83)48(95-54-44(81)40(77)34(71)24(18-63)91-54)36(73)26(93-52)20-87-50-42(79)38(75)32(69)22(16-61)89-50/h21-26,31-54,60-63,68-83H,2-20H2,1H3,(H,55,64)(H,56,65)(H,57,66)(H,58,67)/t21-,22-,23-,24-,25-,26-,31-,32-,33-,34-,35-,36-,37+,38+,39+,40+,41+,42+,43+,44+,45-,46+,47+,48+,49+,50+,51-,52-,53-,54-/m1/s1. The zero-order chi connectivity index (χ0) is 70.0. The molecule has 30 atom stereocenters. The fraction of sp³-hybridized carbons (Fsp3) is 0.926. The molecule has 0 aromatic carbocycles. The molecule has 41 nitrogen and oxygen atoms in total. The van der Waals surface area contributed by atoms with Crippen LogP contribution < -0.4 is 21.3 Å². The Balaban J connectivity index is 1.08. The number of hydrogen-bond acceptors (Lipinski definition) is 37. The normalized spacial score (nSPS) is 40.9. The number of carbonyl (C=O) groups excluding carboxylic acids is 4. The molecule has 0 aliphatic carbocycles. The lowest BCUT2D eigenvalue weighted by atomic mass is 9.96. The first-order valence-electron chi connectivity index (χ1n) is 31.0. The third kappa shape index (κ3) is 21.8. The number of ether oxygens (including phenoxy) is 12. The largest absolute Gasteiger partial charge is 0.394 e. The van der Waals surface area contributed by atoms with Gasteiger partial charge in [0.15, 0.2) is 37.7 Å². The summed E-state index contributed by atoms with van der Waals surface area (Å²) in [7, 11) is 0. The van der Waals surface area contributed by atoms with Gasteiger partial charge in [0, 0.05) is 32.6 Å². The molecule has 0 aromatic rings. The van der Waals surface area contributed by atoms with Crippen LogP contribution in [0.2, 0.25) is 0 Å². The fourth-order valence-electron chi connectivity index (χ4n) is 10.9. The van der Waals surface area contributed by atoms with E-state index in [1.165, 1.54) is 0 Å². The highest BCUT2D eigenvalue weighted by Crippen LogP contribution is 2.34. The Morgan fingerprint density at radius 1 is 0.337 bits per heavy atom. The maximum absolute atomic E-state index is 13.5. The number of amides is 4. The van der Waals surface area contributed by atoms with Crippen LogP contribution in [-0.4, -0.2) is 414 Å². The van der Waals surface area contributed by atoms with Gasteiger partial charge in [-0.3, -0.25) is 24.1 Å². The lowest BCUT2D eigenvalue weighted by molar-refractivity contribution is -0.366. The van der Waals surface area contributed by atoms with E-state index < -0.39 is 274 Å². The molecule has 0 saturated carbocycles. The molecule has 41 heteroatoms. The van der Waals surface area contributed by atoms with E-state index in [-0.39, 0.29) is 32.0 Å². The van der Waals surface area contributed by atoms with Crippen molar-refractivity contribution in [2.75, 3.05) is 98.7 Å². The maximum Gasteiger partial charge on any atom is 0.234 e. The number of aliphatic hydroxyl groups excluding tert-OH is 20. The SMILES string of the molecule is CCNC(=O)CCCCCNC(=O)CN(CC(=O)NCCO[C@@H]1O[C@H](CO[C@H]2O[C@H](CO)[C@@H](O)[C@H](O)[C@@H]2O)[C@@H](O)[C@H](O[C@H]2O[C@H](CO)[C@@H](O)[C@H](O)[C@@H]2O)[C@@H]1O)CC(=O)NCCO[C@@H]1O[C@H](CO[C@H]2O[C@H](CO)[C@@H](O)[C@H](O)[C@@H]2O)[C@@H](O)[C@H](O[C@H]2O[C@H](CO)[C@@H](O)[C@H](O)[C@@H]2O)[C@H]1O. The molecule has 6 aliphatic rings. The van der Waals surface area contributed by atoms with Crippen molar-refractivity contribution in [3.8, 4) is 0 Å². The number of nitrogens with zero attached hydrogens (tertiary/aromatic N) is 1. The molecule has 0 radical (unpaired) electrons. The van der Waals surface area contributed by atoms with E-state index in [1.54, 1.807) is 6.92 Å². The van der Waals surface area contributed by atoms with Crippen LogP contribution in [0.3, 0.4) is 0 Å². The highest BCUT2D eigenvalue weighted by Gasteiger charge is 2.55. The number of hydrogen-bond donors (Lipinski definition) is 24. The van der Waals surface area contributed by atoms with Crippen molar-refractivity contribution in [2.24, 2.45) is 0 Å². The zero-order valence-electron chi connectivity index (χ0n) is 51.7. The van der Waals surface area contributed by atoms with Gasteiger partial charge in [0.25, 0.3) is 0 Å². The zero-order valence-corrected chi connectivity index (χ0v) is 51.7. The van der Waals surface area contributed by atoms with Crippen LogP contribution >= 0.6 is 0 Å². The molecule has 0 unspecified atom stereocenters. The van der Waals surface area contributed by atoms with Crippen LogP contribution in [0.4, 0.5) is 0 Å². The molecule has 552 valence electrons. The average Bonchev–Trinajstić information content (AvgIpc) is 0.978. The maximum atomic E-state index is 13.5. The van der Waals surface area contributed by atoms with Crippen LogP contribution in [0.15, 0.2) is 0 Å². The monoisotopic (exact) mass is 1390 g/mol. The summed E-state index contributed by atoms with van der Waals surface area (Å²) in [6.07, 6.45) is -52.7. The molecule has 0 bridgehead atoms. The summed E-state index contributed by atoms with van der Waals surface area (Å²) in [5.74, 6) is -2.39. The third-order valence-corrected chi connectivity index (χ3v) is 16.4. The van der Waals surface area contributed by atoms with E-state index in [1.807, 2.05) is 0 Å². The van der Waals surface area contributed by atoms with E-state index in [2.05, 4.69) is 21.3 Å². The summed E-state index contributed by atoms with van der Waals surface area (Å²) in [5.41, 5.74) is 0. The number of carbonyl (C=O) groups is 4. The van der Waals surface area contributed by atoms with Crippen molar-refractivity contribution in [3.05, 3.63) is 0 Å². The van der Waals surface area contributed by atoms with Crippen LogP contribution in [0.1, 0.15) is 32.6 Å². The Hall–Kier alpha value is -3.44. The molecule has 6 heterocycles. The second-order valence-electron chi connectivity index (χ2n) is 23.4. The Morgan fingerprint density at radius 2 is 0.653 bits per heavy atom. The predicted molar refractivity (Wildman–Crippen MR) is 303 cm³/mol. The molecular formula is C54H95N5O36. The third-order valence-electron chi connectivity index (χ3n) is 16.4. The van der Waals surface area contributed by atoms with E-state index in [4.69, 9.17) is 56.8 Å². The summed E-state index contributed by atoms with van der Waals surface area (Å²) in [6, 6.07) is 0. The highest BCUT2D eigenvalue weighted by molar-refractivity contribution is 5.84. The lowest BCUT2D eigenvalue weighted by Crippen LogP contribution is -2.65. The van der Waals surface area contributed by atoms with E-state index in [9.17, 15) is 121 Å². The van der Waals surface area contributed by atoms with Crippen molar-refractivity contribution < 1.29 is 178 Å². The van der Waals surface area contributed by atoms with Crippen molar-refractivity contribution in [1.29, 1.82) is 0 Å². The Labute approximate surface area is 542 Å². The van der Waals surface area contributed by atoms with Gasteiger partial charge in [-0.15, -0.1) is 0 Å². The van der Waals surface area contributed by atoms with Gasteiger partial charge in [0.2, 0.25) is 23.6 Å². The summed E-state index contributed by atoms with van der Waals surface area (Å²) in [4.78, 5) is 53.3. The van der Waals surface area contributed by atoms with Gasteiger partial charge in [-0.05, 0) is 19.8 Å². The smallest absolute Gasteiger partial charge is 0.234 e. The first-order chi connectivity index (χ1) is 45.2. The molecule has 6 aliphatic heterocycles. The molecule has 4 amide bonds. The Kier molecular flexibility index (Phi) is 33.0. The molecule has 95 heavy (non-hydrogen) atoms. The topological polar surface area (TPSA) is 635 Å². The fourth-order valence-corrected chi connectivity index (χ4v) is 10.9. The molecule has 6 saturated heterocycles. The van der Waals surface area contributed by atoms with Crippen LogP contribution in [-0.2, 0) is 76.0 Å². The minimum atomic E-state index is -2.03. The number of unbranched alkanes of at least 4 members (excludes halogenated alkanes) is 2. The molecular weight excluding hydrogens is 1290 g/mol. The van der Waals surface area contributed by atoms with Gasteiger partial charge in [0.1, 0.15) is 146 Å². The summed E-state index contributed by atoms with van der Waals surface area (Å²) < 4.78 is 67.1. The number of nitrogens with one attached hydrogen (secondary N) is 4. The number of aliphatic hydroxyl groups is 20. The first-order valence-corrected chi connectivity index (χ1v) is 31.0. The average molecular weight is 1390 g/mol. The first kappa shape index (κ1) is 80.5. The molecule has 6 rings (SSSR count). The predicted octanol–water partition coefficient (Wildman–Crippen LogP) is -15.7. The molecule has 6 fully saturated rings.